The average molecular weight is 162 g/mol. The molecular formula is C8H16ClN. The molecule has 0 rings (SSSR count). The zero-order chi connectivity index (χ0) is 7.49. The summed E-state index contributed by atoms with van der Waals surface area (Å²) in [5.74, 6) is 3.13. The van der Waals surface area contributed by atoms with E-state index in [2.05, 4.69) is 19.8 Å². The lowest BCUT2D eigenvalue weighted by Crippen LogP contribution is -2.35. The van der Waals surface area contributed by atoms with Crippen molar-refractivity contribution >= 4 is 12.4 Å². The van der Waals surface area contributed by atoms with Crippen LogP contribution in [0.4, 0.5) is 0 Å². The molecular weight excluding hydrogens is 146 g/mol. The molecule has 1 unspecified atom stereocenters. The Balaban J connectivity index is 0. The molecule has 0 bridgehead atoms. The van der Waals surface area contributed by atoms with Crippen molar-refractivity contribution in [3.8, 4) is 12.3 Å². The number of terminal acetylenes is 1. The van der Waals surface area contributed by atoms with Crippen molar-refractivity contribution in [1.82, 2.24) is 0 Å². The van der Waals surface area contributed by atoms with Crippen LogP contribution < -0.4 is 5.73 Å². The van der Waals surface area contributed by atoms with Gasteiger partial charge < -0.3 is 5.73 Å². The molecule has 0 aliphatic heterocycles. The summed E-state index contributed by atoms with van der Waals surface area (Å²) < 4.78 is 0. The molecule has 10 heavy (non-hydrogen) atoms. The largest absolute Gasteiger partial charge is 0.315 e. The molecule has 0 aliphatic rings. The van der Waals surface area contributed by atoms with Crippen LogP contribution in [0.1, 0.15) is 27.2 Å². The van der Waals surface area contributed by atoms with Crippen LogP contribution in [0.5, 0.6) is 0 Å². The van der Waals surface area contributed by atoms with Crippen molar-refractivity contribution in [3.05, 3.63) is 0 Å². The molecule has 2 N–H and O–H groups in total. The number of rotatable bonds is 2. The Labute approximate surface area is 69.8 Å². The van der Waals surface area contributed by atoms with E-state index in [1.54, 1.807) is 0 Å². The summed E-state index contributed by atoms with van der Waals surface area (Å²) in [4.78, 5) is 0. The molecule has 1 nitrogen and oxygen atoms in total. The van der Waals surface area contributed by atoms with Gasteiger partial charge in [-0.3, -0.25) is 0 Å². The van der Waals surface area contributed by atoms with Crippen LogP contribution in [0.15, 0.2) is 0 Å². The molecule has 0 heterocycles. The molecule has 0 aliphatic carbocycles. The number of nitrogens with two attached hydrogens (primary N) is 1. The normalized spacial score (nSPS) is 15.2. The Morgan fingerprint density at radius 2 is 2.00 bits per heavy atom. The van der Waals surface area contributed by atoms with Crippen LogP contribution in [0.25, 0.3) is 0 Å². The summed E-state index contributed by atoms with van der Waals surface area (Å²) in [7, 11) is 0. The van der Waals surface area contributed by atoms with E-state index in [4.69, 9.17) is 12.2 Å². The first kappa shape index (κ1) is 12.5. The standard InChI is InChI=1S/C8H15N.ClH/c1-5-8(4,9)6-7(2)3;/h1,7H,6,9H2,2-4H3;1H. The minimum atomic E-state index is -0.409. The Hall–Kier alpha value is -0.190. The zero-order valence-corrected chi connectivity index (χ0v) is 7.66. The first-order chi connectivity index (χ1) is 3.98. The highest BCUT2D eigenvalue weighted by Crippen LogP contribution is 2.11. The van der Waals surface area contributed by atoms with Gasteiger partial charge in [0.05, 0.1) is 5.54 Å². The highest BCUT2D eigenvalue weighted by atomic mass is 35.5. The molecule has 0 aromatic rings. The lowest BCUT2D eigenvalue weighted by molar-refractivity contribution is 0.452. The summed E-state index contributed by atoms with van der Waals surface area (Å²) in [6, 6.07) is 0. The Morgan fingerprint density at radius 3 is 2.10 bits per heavy atom. The maximum Gasteiger partial charge on any atom is 0.0747 e. The van der Waals surface area contributed by atoms with Crippen LogP contribution in [-0.4, -0.2) is 5.54 Å². The predicted octanol–water partition coefficient (Wildman–Crippen LogP) is 1.80. The van der Waals surface area contributed by atoms with Gasteiger partial charge in [0.15, 0.2) is 0 Å². The van der Waals surface area contributed by atoms with Crippen LogP contribution in [-0.2, 0) is 0 Å². The smallest absolute Gasteiger partial charge is 0.0747 e. The molecule has 60 valence electrons. The van der Waals surface area contributed by atoms with Gasteiger partial charge in [-0.05, 0) is 19.3 Å². The third-order valence-electron chi connectivity index (χ3n) is 1.16. The van der Waals surface area contributed by atoms with Gasteiger partial charge >= 0.3 is 0 Å². The summed E-state index contributed by atoms with van der Waals surface area (Å²) in [6.07, 6.45) is 6.07. The second kappa shape index (κ2) is 4.60. The van der Waals surface area contributed by atoms with Crippen molar-refractivity contribution in [2.24, 2.45) is 11.7 Å². The van der Waals surface area contributed by atoms with Crippen molar-refractivity contribution < 1.29 is 0 Å². The number of halogens is 1. The SMILES string of the molecule is C#CC(C)(N)CC(C)C.Cl. The van der Waals surface area contributed by atoms with Gasteiger partial charge in [0.25, 0.3) is 0 Å². The van der Waals surface area contributed by atoms with E-state index in [1.807, 2.05) is 6.92 Å². The van der Waals surface area contributed by atoms with Gasteiger partial charge in [0.1, 0.15) is 0 Å². The quantitative estimate of drug-likeness (QED) is 0.615. The third-order valence-corrected chi connectivity index (χ3v) is 1.16. The second-order valence-electron chi connectivity index (χ2n) is 3.16. The van der Waals surface area contributed by atoms with E-state index >= 15 is 0 Å². The highest BCUT2D eigenvalue weighted by molar-refractivity contribution is 5.85. The average Bonchev–Trinajstić information content (AvgIpc) is 1.63. The zero-order valence-electron chi connectivity index (χ0n) is 6.85. The summed E-state index contributed by atoms with van der Waals surface area (Å²) in [5.41, 5.74) is 5.27. The minimum Gasteiger partial charge on any atom is -0.315 e. The van der Waals surface area contributed by atoms with Crippen molar-refractivity contribution in [3.63, 3.8) is 0 Å². The molecule has 0 aromatic heterocycles. The molecule has 0 amide bonds. The molecule has 0 spiro atoms. The van der Waals surface area contributed by atoms with Crippen molar-refractivity contribution in [2.75, 3.05) is 0 Å². The summed E-state index contributed by atoms with van der Waals surface area (Å²) in [6.45, 7) is 6.11. The first-order valence-electron chi connectivity index (χ1n) is 3.24. The van der Waals surface area contributed by atoms with Crippen LogP contribution >= 0.6 is 12.4 Å². The van der Waals surface area contributed by atoms with Crippen LogP contribution in [0.3, 0.4) is 0 Å². The minimum absolute atomic E-state index is 0. The molecule has 0 saturated heterocycles. The Bertz CT molecular complexity index is 122. The fourth-order valence-corrected chi connectivity index (χ4v) is 0.907. The lowest BCUT2D eigenvalue weighted by Gasteiger charge is -2.19. The van der Waals surface area contributed by atoms with Gasteiger partial charge in [-0.15, -0.1) is 18.8 Å². The fourth-order valence-electron chi connectivity index (χ4n) is 0.907. The maximum atomic E-state index is 5.68. The van der Waals surface area contributed by atoms with E-state index in [9.17, 15) is 0 Å². The summed E-state index contributed by atoms with van der Waals surface area (Å²) >= 11 is 0. The van der Waals surface area contributed by atoms with Gasteiger partial charge in [0, 0.05) is 0 Å². The van der Waals surface area contributed by atoms with E-state index in [0.29, 0.717) is 5.92 Å². The number of hydrogen-bond acceptors (Lipinski definition) is 1. The van der Waals surface area contributed by atoms with E-state index in [0.717, 1.165) is 6.42 Å². The molecule has 0 radical (unpaired) electrons. The highest BCUT2D eigenvalue weighted by Gasteiger charge is 2.15. The first-order valence-corrected chi connectivity index (χ1v) is 3.24. The van der Waals surface area contributed by atoms with Gasteiger partial charge in [-0.2, -0.15) is 0 Å². The van der Waals surface area contributed by atoms with E-state index in [1.165, 1.54) is 0 Å². The molecule has 2 heteroatoms. The number of hydrogen-bond donors (Lipinski definition) is 1. The van der Waals surface area contributed by atoms with Crippen molar-refractivity contribution in [2.45, 2.75) is 32.7 Å². The fraction of sp³-hybridized carbons (Fsp3) is 0.750. The van der Waals surface area contributed by atoms with Gasteiger partial charge in [-0.25, -0.2) is 0 Å². The second-order valence-corrected chi connectivity index (χ2v) is 3.16. The molecule has 1 atom stereocenters. The topological polar surface area (TPSA) is 26.0 Å². The molecule has 0 aromatic carbocycles. The van der Waals surface area contributed by atoms with E-state index < -0.39 is 5.54 Å². The molecule has 0 saturated carbocycles. The van der Waals surface area contributed by atoms with Gasteiger partial charge in [-0.1, -0.05) is 19.8 Å². The van der Waals surface area contributed by atoms with Crippen molar-refractivity contribution in [1.29, 1.82) is 0 Å². The summed E-state index contributed by atoms with van der Waals surface area (Å²) in [5, 5.41) is 0. The van der Waals surface area contributed by atoms with Gasteiger partial charge in [0.2, 0.25) is 0 Å². The Kier molecular flexibility index (Phi) is 5.74. The predicted molar refractivity (Wildman–Crippen MR) is 48.1 cm³/mol. The van der Waals surface area contributed by atoms with E-state index in [-0.39, 0.29) is 12.4 Å². The van der Waals surface area contributed by atoms with Crippen LogP contribution in [0, 0.1) is 18.3 Å². The molecule has 0 fully saturated rings. The monoisotopic (exact) mass is 161 g/mol. The third kappa shape index (κ3) is 5.94. The Morgan fingerprint density at radius 1 is 1.60 bits per heavy atom. The lowest BCUT2D eigenvalue weighted by atomic mass is 9.93. The maximum absolute atomic E-state index is 5.68. The van der Waals surface area contributed by atoms with Crippen LogP contribution in [0.2, 0.25) is 0 Å².